The molecule has 2 aromatic carbocycles. The monoisotopic (exact) mass is 629 g/mol. The van der Waals surface area contributed by atoms with Crippen molar-refractivity contribution in [2.45, 2.75) is 67.8 Å². The van der Waals surface area contributed by atoms with Crippen LogP contribution in [0, 0.1) is 11.8 Å². The number of carbonyl (C=O) groups is 1. The number of rotatable bonds is 7. The number of nitrogens with one attached hydrogen (secondary N) is 2. The number of carbonyl (C=O) groups excluding carboxylic acids is 1. The van der Waals surface area contributed by atoms with Gasteiger partial charge in [-0.25, -0.2) is 8.42 Å². The minimum atomic E-state index is -5.37. The third kappa shape index (κ3) is 6.01. The average molecular weight is 630 g/mol. The molecule has 2 heterocycles. The molecule has 0 radical (unpaired) electrons. The average Bonchev–Trinajstić information content (AvgIpc) is 2.96. The summed E-state index contributed by atoms with van der Waals surface area (Å²) >= 11 is 6.17. The Morgan fingerprint density at radius 1 is 1.00 bits per heavy atom. The molecule has 0 spiro atoms. The Balaban J connectivity index is 1.37. The molecule has 2 saturated heterocycles. The van der Waals surface area contributed by atoms with Crippen molar-refractivity contribution in [2.24, 2.45) is 11.8 Å². The van der Waals surface area contributed by atoms with Gasteiger partial charge in [0, 0.05) is 42.7 Å². The van der Waals surface area contributed by atoms with Crippen LogP contribution in [0.25, 0.3) is 0 Å². The Morgan fingerprint density at radius 2 is 1.60 bits per heavy atom. The van der Waals surface area contributed by atoms with Crippen LogP contribution in [0.1, 0.15) is 49.7 Å². The van der Waals surface area contributed by atoms with Crippen molar-refractivity contribution in [3.05, 3.63) is 64.7 Å². The molecule has 42 heavy (non-hydrogen) atoms. The normalized spacial score (nSPS) is 27.5. The molecular weight excluding hydrogens is 595 g/mol. The molecule has 2 aliphatic heterocycles. The fraction of sp³-hybridized carbons (Fsp3) is 0.552. The third-order valence-corrected chi connectivity index (χ3v) is 11.0. The van der Waals surface area contributed by atoms with E-state index in [0.717, 1.165) is 0 Å². The second kappa shape index (κ2) is 12.0. The highest BCUT2D eigenvalue weighted by atomic mass is 35.5. The van der Waals surface area contributed by atoms with Crippen LogP contribution in [0.5, 0.6) is 5.75 Å². The first kappa shape index (κ1) is 31.1. The molecule has 0 aromatic heterocycles. The molecule has 1 amide bonds. The first-order valence-corrected chi connectivity index (χ1v) is 15.9. The Kier molecular flexibility index (Phi) is 8.84. The van der Waals surface area contributed by atoms with E-state index in [1.165, 1.54) is 0 Å². The third-order valence-electron chi connectivity index (χ3n) is 9.11. The molecule has 1 saturated carbocycles. The van der Waals surface area contributed by atoms with Crippen LogP contribution in [0.3, 0.4) is 0 Å². The number of nitrogens with zero attached hydrogens (tertiary/aromatic N) is 1. The summed E-state index contributed by atoms with van der Waals surface area (Å²) in [7, 11) is -3.80. The lowest BCUT2D eigenvalue weighted by molar-refractivity contribution is -0.127. The lowest BCUT2D eigenvalue weighted by atomic mass is 9.63. The van der Waals surface area contributed by atoms with E-state index in [2.05, 4.69) is 10.6 Å². The number of hydrogen-bond donors (Lipinski definition) is 3. The van der Waals surface area contributed by atoms with E-state index in [1.807, 2.05) is 24.3 Å². The largest absolute Gasteiger partial charge is 0.511 e. The van der Waals surface area contributed by atoms with Gasteiger partial charge in [-0.3, -0.25) is 4.79 Å². The van der Waals surface area contributed by atoms with Crippen molar-refractivity contribution in [2.75, 3.05) is 20.2 Å². The highest BCUT2D eigenvalue weighted by Crippen LogP contribution is 2.47. The minimum absolute atomic E-state index is 0.0459. The van der Waals surface area contributed by atoms with E-state index in [-0.39, 0.29) is 68.2 Å². The van der Waals surface area contributed by atoms with Gasteiger partial charge in [-0.2, -0.15) is 17.5 Å². The molecule has 13 heteroatoms. The molecule has 230 valence electrons. The van der Waals surface area contributed by atoms with Crippen molar-refractivity contribution in [1.82, 2.24) is 14.9 Å². The Morgan fingerprint density at radius 3 is 2.17 bits per heavy atom. The van der Waals surface area contributed by atoms with Crippen molar-refractivity contribution in [3.63, 3.8) is 0 Å². The van der Waals surface area contributed by atoms with E-state index in [0.29, 0.717) is 45.5 Å². The van der Waals surface area contributed by atoms with Gasteiger partial charge in [0.25, 0.3) is 0 Å². The van der Waals surface area contributed by atoms with Gasteiger partial charge < -0.3 is 20.5 Å². The van der Waals surface area contributed by atoms with Gasteiger partial charge in [-0.05, 0) is 79.3 Å². The van der Waals surface area contributed by atoms with Crippen LogP contribution < -0.4 is 15.4 Å². The van der Waals surface area contributed by atoms with E-state index in [1.54, 1.807) is 31.4 Å². The molecule has 1 aliphatic carbocycles. The molecule has 3 aliphatic rings. The van der Waals surface area contributed by atoms with E-state index in [9.17, 15) is 31.5 Å². The maximum atomic E-state index is 13.0. The number of ether oxygens (including phenoxy) is 1. The van der Waals surface area contributed by atoms with Gasteiger partial charge in [0.1, 0.15) is 11.4 Å². The number of aliphatic hydroxyl groups is 1. The lowest BCUT2D eigenvalue weighted by Gasteiger charge is -2.49. The highest BCUT2D eigenvalue weighted by molar-refractivity contribution is 7.90. The molecule has 2 aromatic rings. The molecule has 5 unspecified atom stereocenters. The van der Waals surface area contributed by atoms with Crippen LogP contribution in [-0.4, -0.2) is 67.6 Å². The van der Waals surface area contributed by atoms with Crippen molar-refractivity contribution in [3.8, 4) is 5.75 Å². The van der Waals surface area contributed by atoms with Gasteiger partial charge in [0.05, 0.1) is 7.11 Å². The Bertz CT molecular complexity index is 1370. The fourth-order valence-corrected chi connectivity index (χ4v) is 8.02. The zero-order chi connectivity index (χ0) is 30.3. The molecule has 5 atom stereocenters. The molecule has 0 bridgehead atoms. The first-order valence-electron chi connectivity index (χ1n) is 14.1. The summed E-state index contributed by atoms with van der Waals surface area (Å²) in [6.45, 7) is -0.494. The number of alkyl halides is 3. The molecule has 3 fully saturated rings. The maximum Gasteiger partial charge on any atom is 0.511 e. The van der Waals surface area contributed by atoms with E-state index >= 15 is 0 Å². The smallest absolute Gasteiger partial charge is 0.497 e. The second-order valence-electron chi connectivity index (χ2n) is 11.5. The predicted molar refractivity (Wildman–Crippen MR) is 151 cm³/mol. The number of sulfonamides is 1. The van der Waals surface area contributed by atoms with Crippen LogP contribution >= 0.6 is 11.6 Å². The summed E-state index contributed by atoms with van der Waals surface area (Å²) in [4.78, 5) is 12.6. The molecular formula is C29H35ClF3N3O5S. The van der Waals surface area contributed by atoms with E-state index < -0.39 is 21.1 Å². The maximum absolute atomic E-state index is 13.0. The van der Waals surface area contributed by atoms with Crippen molar-refractivity contribution < 1.29 is 36.2 Å². The summed E-state index contributed by atoms with van der Waals surface area (Å²) in [5, 5.41) is 19.6. The van der Waals surface area contributed by atoms with Gasteiger partial charge in [0.2, 0.25) is 5.91 Å². The summed E-state index contributed by atoms with van der Waals surface area (Å²) in [5.74, 6) is 0.295. The number of halogens is 4. The number of fused-ring (bicyclic) bond motifs is 1. The zero-order valence-corrected chi connectivity index (χ0v) is 24.7. The standard InChI is InChI=1S/C29H35ClF3N3O5S/c1-41-23-9-4-19(5-10-23)28(38,18-2-7-21(30)8-3-18)20-6-11-25-24(16-20)26(17-27(37)35-25)34-22-12-14-36(15-13-22)42(39,40)29(31,32)33/h2-5,7-10,20,22,24-26,34,38H,6,11-17H2,1H3,(H,35,37). The van der Waals surface area contributed by atoms with Crippen LogP contribution in [0.2, 0.25) is 5.02 Å². The summed E-state index contributed by atoms with van der Waals surface area (Å²) in [6.07, 6.45) is 2.47. The molecule has 8 nitrogen and oxygen atoms in total. The fourth-order valence-electron chi connectivity index (χ4n) is 6.91. The van der Waals surface area contributed by atoms with Crippen LogP contribution in [0.15, 0.2) is 48.5 Å². The highest BCUT2D eigenvalue weighted by Gasteiger charge is 2.51. The summed E-state index contributed by atoms with van der Waals surface area (Å²) < 4.78 is 68.6. The number of methoxy groups -OCH3 is 1. The molecule has 5 rings (SSSR count). The predicted octanol–water partition coefficient (Wildman–Crippen LogP) is 4.16. The summed E-state index contributed by atoms with van der Waals surface area (Å²) in [5.41, 5.74) is -5.28. The topological polar surface area (TPSA) is 108 Å². The number of amides is 1. The molecule has 3 N–H and O–H groups in total. The zero-order valence-electron chi connectivity index (χ0n) is 23.1. The first-order chi connectivity index (χ1) is 19.8. The SMILES string of the molecule is COc1ccc(C(O)(c2ccc(Cl)cc2)C2CCC3NC(=O)CC(NC4CCN(S(=O)(=O)C(F)(F)F)CC4)C3C2)cc1. The lowest BCUT2D eigenvalue weighted by Crippen LogP contribution is -2.61. The van der Waals surface area contributed by atoms with Crippen molar-refractivity contribution >= 4 is 27.5 Å². The van der Waals surface area contributed by atoms with Gasteiger partial charge in [0.15, 0.2) is 0 Å². The number of hydrogen-bond acceptors (Lipinski definition) is 6. The minimum Gasteiger partial charge on any atom is -0.497 e. The van der Waals surface area contributed by atoms with Crippen molar-refractivity contribution in [1.29, 1.82) is 0 Å². The quantitative estimate of drug-likeness (QED) is 0.425. The second-order valence-corrected chi connectivity index (χ2v) is 13.8. The van der Waals surface area contributed by atoms with Crippen LogP contribution in [-0.2, 0) is 20.4 Å². The van der Waals surface area contributed by atoms with E-state index in [4.69, 9.17) is 16.3 Å². The number of benzene rings is 2. The number of piperidine rings is 2. The Labute approximate surface area is 248 Å². The van der Waals surface area contributed by atoms with Gasteiger partial charge in [-0.1, -0.05) is 35.9 Å². The Hall–Kier alpha value is -2.38. The summed E-state index contributed by atoms with van der Waals surface area (Å²) in [6, 6.07) is 13.8. The van der Waals surface area contributed by atoms with Gasteiger partial charge >= 0.3 is 15.5 Å². The van der Waals surface area contributed by atoms with Gasteiger partial charge in [-0.15, -0.1) is 0 Å². The van der Waals surface area contributed by atoms with Crippen LogP contribution in [0.4, 0.5) is 13.2 Å².